The van der Waals surface area contributed by atoms with E-state index in [1.54, 1.807) is 0 Å². The van der Waals surface area contributed by atoms with Crippen LogP contribution in [-0.2, 0) is 11.8 Å². The van der Waals surface area contributed by atoms with Crippen LogP contribution in [0.4, 0.5) is 0 Å². The molecular formula is C16H23N3O. The minimum absolute atomic E-state index is 0.261. The average Bonchev–Trinajstić information content (AvgIpc) is 2.94. The van der Waals surface area contributed by atoms with Crippen molar-refractivity contribution in [2.75, 3.05) is 13.1 Å². The molecule has 0 saturated carbocycles. The molecule has 0 aliphatic rings. The standard InChI is InChI=1S/C16H23N3O/c1-4-11-17-12-10-14-18-19-15(20-14)16(2,3)13-8-6-5-7-9-13/h5-9,17H,4,10-12H2,1-3H3. The van der Waals surface area contributed by atoms with Crippen LogP contribution in [0.25, 0.3) is 0 Å². The van der Waals surface area contributed by atoms with E-state index in [0.717, 1.165) is 25.9 Å². The van der Waals surface area contributed by atoms with Gasteiger partial charge < -0.3 is 9.73 Å². The second-order valence-corrected chi connectivity index (χ2v) is 5.49. The number of nitrogens with zero attached hydrogens (tertiary/aromatic N) is 2. The van der Waals surface area contributed by atoms with Gasteiger partial charge in [-0.1, -0.05) is 37.3 Å². The molecule has 0 amide bonds. The molecule has 108 valence electrons. The summed E-state index contributed by atoms with van der Waals surface area (Å²) in [5, 5.41) is 11.7. The predicted octanol–water partition coefficient (Wildman–Crippen LogP) is 2.94. The van der Waals surface area contributed by atoms with Gasteiger partial charge in [0.25, 0.3) is 0 Å². The van der Waals surface area contributed by atoms with Gasteiger partial charge in [0.2, 0.25) is 11.8 Å². The first-order valence-corrected chi connectivity index (χ1v) is 7.23. The molecule has 0 atom stereocenters. The van der Waals surface area contributed by atoms with Crippen LogP contribution in [0.3, 0.4) is 0 Å². The first kappa shape index (κ1) is 14.7. The average molecular weight is 273 g/mol. The summed E-state index contributed by atoms with van der Waals surface area (Å²) in [6.45, 7) is 8.27. The molecule has 0 fully saturated rings. The Balaban J connectivity index is 2.04. The smallest absolute Gasteiger partial charge is 0.226 e. The van der Waals surface area contributed by atoms with Crippen molar-refractivity contribution in [2.45, 2.75) is 39.0 Å². The number of hydrogen-bond acceptors (Lipinski definition) is 4. The monoisotopic (exact) mass is 273 g/mol. The molecule has 0 radical (unpaired) electrons. The highest BCUT2D eigenvalue weighted by Gasteiger charge is 2.29. The topological polar surface area (TPSA) is 51.0 Å². The third-order valence-corrected chi connectivity index (χ3v) is 3.44. The van der Waals surface area contributed by atoms with Crippen molar-refractivity contribution in [3.8, 4) is 0 Å². The molecule has 0 spiro atoms. The van der Waals surface area contributed by atoms with Gasteiger partial charge in [-0.15, -0.1) is 10.2 Å². The zero-order valence-electron chi connectivity index (χ0n) is 12.5. The summed E-state index contributed by atoms with van der Waals surface area (Å²) >= 11 is 0. The number of aromatic nitrogens is 2. The van der Waals surface area contributed by atoms with Gasteiger partial charge in [-0.3, -0.25) is 0 Å². The SMILES string of the molecule is CCCNCCc1nnc(C(C)(C)c2ccccc2)o1. The van der Waals surface area contributed by atoms with Gasteiger partial charge in [0.05, 0.1) is 5.41 Å². The van der Waals surface area contributed by atoms with Crippen molar-refractivity contribution in [2.24, 2.45) is 0 Å². The van der Waals surface area contributed by atoms with Crippen molar-refractivity contribution >= 4 is 0 Å². The maximum absolute atomic E-state index is 5.82. The van der Waals surface area contributed by atoms with Gasteiger partial charge in [0, 0.05) is 13.0 Å². The lowest BCUT2D eigenvalue weighted by atomic mass is 9.85. The van der Waals surface area contributed by atoms with Crippen LogP contribution in [0.5, 0.6) is 0 Å². The molecular weight excluding hydrogens is 250 g/mol. The number of benzene rings is 1. The Morgan fingerprint density at radius 3 is 2.55 bits per heavy atom. The molecule has 0 saturated heterocycles. The zero-order valence-corrected chi connectivity index (χ0v) is 12.5. The molecule has 4 heteroatoms. The summed E-state index contributed by atoms with van der Waals surface area (Å²) in [4.78, 5) is 0. The fourth-order valence-corrected chi connectivity index (χ4v) is 2.08. The number of hydrogen-bond donors (Lipinski definition) is 1. The van der Waals surface area contributed by atoms with Crippen molar-refractivity contribution in [1.82, 2.24) is 15.5 Å². The number of rotatable bonds is 7. The van der Waals surface area contributed by atoms with Crippen LogP contribution in [0.15, 0.2) is 34.7 Å². The third kappa shape index (κ3) is 3.45. The van der Waals surface area contributed by atoms with Crippen molar-refractivity contribution in [3.05, 3.63) is 47.7 Å². The Labute approximate surface area is 120 Å². The van der Waals surface area contributed by atoms with Gasteiger partial charge in [-0.2, -0.15) is 0 Å². The Morgan fingerprint density at radius 1 is 1.10 bits per heavy atom. The lowest BCUT2D eigenvalue weighted by Gasteiger charge is -2.20. The van der Waals surface area contributed by atoms with Gasteiger partial charge in [0.15, 0.2) is 0 Å². The molecule has 1 aromatic carbocycles. The predicted molar refractivity (Wildman–Crippen MR) is 79.7 cm³/mol. The minimum atomic E-state index is -0.261. The maximum atomic E-state index is 5.82. The van der Waals surface area contributed by atoms with Crippen molar-refractivity contribution < 1.29 is 4.42 Å². The molecule has 2 rings (SSSR count). The minimum Gasteiger partial charge on any atom is -0.424 e. The number of nitrogens with one attached hydrogen (secondary N) is 1. The van der Waals surface area contributed by atoms with Crippen molar-refractivity contribution in [3.63, 3.8) is 0 Å². The molecule has 1 N–H and O–H groups in total. The van der Waals surface area contributed by atoms with Crippen LogP contribution in [0.2, 0.25) is 0 Å². The molecule has 4 nitrogen and oxygen atoms in total. The normalized spacial score (nSPS) is 11.8. The van der Waals surface area contributed by atoms with E-state index in [-0.39, 0.29) is 5.41 Å². The molecule has 0 bridgehead atoms. The first-order valence-electron chi connectivity index (χ1n) is 7.23. The van der Waals surface area contributed by atoms with E-state index < -0.39 is 0 Å². The molecule has 1 heterocycles. The Kier molecular flexibility index (Phi) is 4.90. The second-order valence-electron chi connectivity index (χ2n) is 5.49. The van der Waals surface area contributed by atoms with Crippen molar-refractivity contribution in [1.29, 1.82) is 0 Å². The Bertz CT molecular complexity index is 520. The highest BCUT2D eigenvalue weighted by Crippen LogP contribution is 2.30. The van der Waals surface area contributed by atoms with Gasteiger partial charge in [-0.05, 0) is 32.4 Å². The summed E-state index contributed by atoms with van der Waals surface area (Å²) in [6.07, 6.45) is 1.91. The van der Waals surface area contributed by atoms with E-state index in [1.165, 1.54) is 5.56 Å². The highest BCUT2D eigenvalue weighted by molar-refractivity contribution is 5.29. The third-order valence-electron chi connectivity index (χ3n) is 3.44. The fourth-order valence-electron chi connectivity index (χ4n) is 2.08. The van der Waals surface area contributed by atoms with Crippen LogP contribution in [0.1, 0.15) is 44.5 Å². The Hall–Kier alpha value is -1.68. The van der Waals surface area contributed by atoms with Crippen LogP contribution in [-0.4, -0.2) is 23.3 Å². The molecule has 2 aromatic rings. The van der Waals surface area contributed by atoms with E-state index in [4.69, 9.17) is 4.42 Å². The van der Waals surface area contributed by atoms with E-state index in [9.17, 15) is 0 Å². The lowest BCUT2D eigenvalue weighted by Crippen LogP contribution is -2.19. The summed E-state index contributed by atoms with van der Waals surface area (Å²) in [7, 11) is 0. The first-order chi connectivity index (χ1) is 9.64. The van der Waals surface area contributed by atoms with E-state index in [1.807, 2.05) is 18.2 Å². The summed E-state index contributed by atoms with van der Waals surface area (Å²) in [5.41, 5.74) is 0.919. The maximum Gasteiger partial charge on any atom is 0.226 e. The lowest BCUT2D eigenvalue weighted by molar-refractivity contribution is 0.385. The quantitative estimate of drug-likeness (QED) is 0.788. The van der Waals surface area contributed by atoms with Crippen LogP contribution < -0.4 is 5.32 Å². The van der Waals surface area contributed by atoms with E-state index in [0.29, 0.717) is 11.8 Å². The summed E-state index contributed by atoms with van der Waals surface area (Å²) < 4.78 is 5.82. The van der Waals surface area contributed by atoms with Crippen LogP contribution in [0, 0.1) is 0 Å². The van der Waals surface area contributed by atoms with Crippen LogP contribution >= 0.6 is 0 Å². The summed E-state index contributed by atoms with van der Waals surface area (Å²) in [6, 6.07) is 10.3. The van der Waals surface area contributed by atoms with E-state index in [2.05, 4.69) is 48.4 Å². The van der Waals surface area contributed by atoms with Gasteiger partial charge in [-0.25, -0.2) is 0 Å². The second kappa shape index (κ2) is 6.66. The Morgan fingerprint density at radius 2 is 1.85 bits per heavy atom. The highest BCUT2D eigenvalue weighted by atomic mass is 16.4. The molecule has 20 heavy (non-hydrogen) atoms. The molecule has 0 aliphatic carbocycles. The fraction of sp³-hybridized carbons (Fsp3) is 0.500. The molecule has 0 unspecified atom stereocenters. The van der Waals surface area contributed by atoms with E-state index >= 15 is 0 Å². The summed E-state index contributed by atoms with van der Waals surface area (Å²) in [5.74, 6) is 1.38. The van der Waals surface area contributed by atoms with Gasteiger partial charge in [0.1, 0.15) is 0 Å². The van der Waals surface area contributed by atoms with Gasteiger partial charge >= 0.3 is 0 Å². The molecule has 0 aliphatic heterocycles. The zero-order chi connectivity index (χ0) is 14.4. The largest absolute Gasteiger partial charge is 0.424 e. The molecule has 1 aromatic heterocycles.